The molecule has 1 aromatic carbocycles. The summed E-state index contributed by atoms with van der Waals surface area (Å²) in [5.74, 6) is -0.284. The summed E-state index contributed by atoms with van der Waals surface area (Å²) < 4.78 is 16.1. The molecule has 0 bridgehead atoms. The van der Waals surface area contributed by atoms with E-state index >= 15 is 0 Å². The fourth-order valence-electron chi connectivity index (χ4n) is 3.53. The van der Waals surface area contributed by atoms with E-state index in [1.54, 1.807) is 0 Å². The first-order chi connectivity index (χ1) is 13.0. The van der Waals surface area contributed by atoms with Crippen LogP contribution in [0, 0.1) is 10.5 Å². The minimum atomic E-state index is -0.401. The second-order valence-electron chi connectivity index (χ2n) is 6.57. The highest BCUT2D eigenvalue weighted by molar-refractivity contribution is 14.1. The first-order valence-corrected chi connectivity index (χ1v) is 9.85. The summed E-state index contributed by atoms with van der Waals surface area (Å²) >= 11 is 2.17. The quantitative estimate of drug-likeness (QED) is 0.416. The van der Waals surface area contributed by atoms with E-state index in [1.165, 1.54) is 9.13 Å². The van der Waals surface area contributed by atoms with Gasteiger partial charge >= 0.3 is 5.69 Å². The normalized spacial score (nSPS) is 13.6. The van der Waals surface area contributed by atoms with Crippen LogP contribution in [-0.4, -0.2) is 39.8 Å². The topological polar surface area (TPSA) is 60.1 Å². The molecule has 0 unspecified atom stereocenters. The molecule has 0 atom stereocenters. The lowest BCUT2D eigenvalue weighted by Crippen LogP contribution is -2.41. The summed E-state index contributed by atoms with van der Waals surface area (Å²) in [6.07, 6.45) is 1.10. The predicted octanol–water partition coefficient (Wildman–Crippen LogP) is 3.31. The van der Waals surface area contributed by atoms with E-state index in [1.807, 2.05) is 42.2 Å². The van der Waals surface area contributed by atoms with E-state index < -0.39 is 5.69 Å². The Bertz CT molecular complexity index is 1110. The molecule has 3 aromatic rings. The van der Waals surface area contributed by atoms with Crippen LogP contribution in [0.4, 0.5) is 10.1 Å². The minimum absolute atomic E-state index is 0.105. The molecule has 2 aromatic heterocycles. The first kappa shape index (κ1) is 18.1. The van der Waals surface area contributed by atoms with Crippen molar-refractivity contribution in [1.82, 2.24) is 14.1 Å². The molecule has 140 valence electrons. The van der Waals surface area contributed by atoms with Gasteiger partial charge in [0.25, 0.3) is 5.91 Å². The number of alkyl halides is 1. The molecule has 8 heteroatoms. The Morgan fingerprint density at radius 3 is 2.67 bits per heavy atom. The highest BCUT2D eigenvalue weighted by Gasteiger charge is 2.31. The number of para-hydroxylation sites is 1. The van der Waals surface area contributed by atoms with Gasteiger partial charge in [-0.25, -0.2) is 18.9 Å². The lowest BCUT2D eigenvalue weighted by Gasteiger charge is -2.28. The van der Waals surface area contributed by atoms with E-state index in [2.05, 4.69) is 27.6 Å². The number of pyridine rings is 1. The fourth-order valence-corrected chi connectivity index (χ4v) is 4.16. The van der Waals surface area contributed by atoms with Gasteiger partial charge in [-0.15, -0.1) is 0 Å². The van der Waals surface area contributed by atoms with Crippen LogP contribution in [0.1, 0.15) is 23.3 Å². The molecule has 0 saturated carbocycles. The number of imidazole rings is 1. The molecule has 0 amide bonds. The third-order valence-electron chi connectivity index (χ3n) is 4.72. The zero-order chi connectivity index (χ0) is 19.1. The van der Waals surface area contributed by atoms with Crippen molar-refractivity contribution in [3.05, 3.63) is 50.1 Å². The van der Waals surface area contributed by atoms with Gasteiger partial charge in [0.05, 0.1) is 24.6 Å². The average molecular weight is 480 g/mol. The van der Waals surface area contributed by atoms with Crippen LogP contribution in [0.5, 0.6) is 0 Å². The van der Waals surface area contributed by atoms with Crippen LogP contribution in [0.2, 0.25) is 0 Å². The molecule has 27 heavy (non-hydrogen) atoms. The maximum atomic E-state index is 13.1. The zero-order valence-electron chi connectivity index (χ0n) is 14.8. The standard InChI is InChI=1S/C19H18FIN4O2/c1-12-10-15-17-18(22-12)24(14-7-3-2-6-13(14)21)19(27)25(17)16(26)11-23(15)9-5-4-8-20/h2-3,6-7,10H,4-5,8-9,11H2,1H3. The zero-order valence-corrected chi connectivity index (χ0v) is 16.9. The van der Waals surface area contributed by atoms with Gasteiger partial charge in [-0.2, -0.15) is 0 Å². The number of unbranched alkanes of at least 4 members (excludes halogenated alkanes) is 1. The molecule has 6 nitrogen and oxygen atoms in total. The summed E-state index contributed by atoms with van der Waals surface area (Å²) in [6, 6.07) is 9.40. The number of halogens is 2. The van der Waals surface area contributed by atoms with Gasteiger partial charge in [-0.05, 0) is 60.6 Å². The van der Waals surface area contributed by atoms with Gasteiger partial charge in [0, 0.05) is 15.8 Å². The maximum Gasteiger partial charge on any atom is 0.342 e. The lowest BCUT2D eigenvalue weighted by atomic mass is 10.2. The van der Waals surface area contributed by atoms with Crippen LogP contribution < -0.4 is 10.6 Å². The number of carbonyl (C=O) groups excluding carboxylic acids is 1. The molecule has 0 saturated heterocycles. The largest absolute Gasteiger partial charge is 0.360 e. The summed E-state index contributed by atoms with van der Waals surface area (Å²) in [5, 5.41) is 0. The van der Waals surface area contributed by atoms with Crippen molar-refractivity contribution in [2.75, 3.05) is 24.7 Å². The third-order valence-corrected chi connectivity index (χ3v) is 5.63. The number of rotatable bonds is 5. The molecule has 3 heterocycles. The number of benzene rings is 1. The number of hydrogen-bond acceptors (Lipinski definition) is 4. The van der Waals surface area contributed by atoms with Gasteiger partial charge in [0.15, 0.2) is 5.65 Å². The van der Waals surface area contributed by atoms with E-state index in [0.29, 0.717) is 36.2 Å². The summed E-state index contributed by atoms with van der Waals surface area (Å²) in [6.45, 7) is 2.17. The number of nitrogens with zero attached hydrogens (tertiary/aromatic N) is 4. The molecular formula is C19H18FIN4O2. The Morgan fingerprint density at radius 1 is 1.15 bits per heavy atom. The molecule has 0 aliphatic carbocycles. The molecule has 1 aliphatic heterocycles. The molecular weight excluding hydrogens is 462 g/mol. The van der Waals surface area contributed by atoms with Crippen LogP contribution >= 0.6 is 22.6 Å². The van der Waals surface area contributed by atoms with Crippen molar-refractivity contribution in [3.63, 3.8) is 0 Å². The van der Waals surface area contributed by atoms with Crippen LogP contribution in [0.25, 0.3) is 16.9 Å². The monoisotopic (exact) mass is 480 g/mol. The molecule has 0 spiro atoms. The molecule has 0 N–H and O–H groups in total. The SMILES string of the molecule is Cc1cc2c3c(n1)n(-c1ccccc1I)c(=O)n3C(=O)CN2CCCCF. The van der Waals surface area contributed by atoms with Gasteiger partial charge < -0.3 is 4.90 Å². The highest BCUT2D eigenvalue weighted by atomic mass is 127. The summed E-state index contributed by atoms with van der Waals surface area (Å²) in [7, 11) is 0. The van der Waals surface area contributed by atoms with E-state index in [-0.39, 0.29) is 19.1 Å². The van der Waals surface area contributed by atoms with Gasteiger partial charge in [0.1, 0.15) is 5.52 Å². The first-order valence-electron chi connectivity index (χ1n) is 8.77. The molecule has 4 rings (SSSR count). The van der Waals surface area contributed by atoms with Gasteiger partial charge in [-0.1, -0.05) is 12.1 Å². The van der Waals surface area contributed by atoms with Crippen molar-refractivity contribution in [2.24, 2.45) is 0 Å². The Kier molecular flexibility index (Phi) is 4.75. The molecule has 1 aliphatic rings. The van der Waals surface area contributed by atoms with Crippen molar-refractivity contribution in [1.29, 1.82) is 0 Å². The van der Waals surface area contributed by atoms with Crippen molar-refractivity contribution >= 4 is 45.3 Å². The van der Waals surface area contributed by atoms with E-state index in [0.717, 1.165) is 15.0 Å². The van der Waals surface area contributed by atoms with Gasteiger partial charge in [0.2, 0.25) is 0 Å². The van der Waals surface area contributed by atoms with E-state index in [4.69, 9.17) is 0 Å². The highest BCUT2D eigenvalue weighted by Crippen LogP contribution is 2.31. The fraction of sp³-hybridized carbons (Fsp3) is 0.316. The van der Waals surface area contributed by atoms with E-state index in [9.17, 15) is 14.0 Å². The number of aryl methyl sites for hydroxylation is 1. The van der Waals surface area contributed by atoms with Crippen molar-refractivity contribution < 1.29 is 9.18 Å². The summed E-state index contributed by atoms with van der Waals surface area (Å²) in [5.41, 5.74) is 2.87. The van der Waals surface area contributed by atoms with Crippen LogP contribution in [-0.2, 0) is 0 Å². The van der Waals surface area contributed by atoms with Gasteiger partial charge in [-0.3, -0.25) is 9.18 Å². The molecule has 0 fully saturated rings. The number of hydrogen-bond donors (Lipinski definition) is 0. The minimum Gasteiger partial charge on any atom is -0.360 e. The Balaban J connectivity index is 1.99. The average Bonchev–Trinajstić information content (AvgIpc) is 2.92. The van der Waals surface area contributed by atoms with Crippen molar-refractivity contribution in [2.45, 2.75) is 19.8 Å². The van der Waals surface area contributed by atoms with Crippen LogP contribution in [0.3, 0.4) is 0 Å². The van der Waals surface area contributed by atoms with Crippen molar-refractivity contribution in [3.8, 4) is 5.69 Å². The number of carbonyl (C=O) groups is 1. The summed E-state index contributed by atoms with van der Waals surface area (Å²) in [4.78, 5) is 32.4. The van der Waals surface area contributed by atoms with Crippen LogP contribution in [0.15, 0.2) is 35.1 Å². The number of anilines is 1. The Labute approximate surface area is 168 Å². The second kappa shape index (κ2) is 7.06. The Morgan fingerprint density at radius 2 is 1.93 bits per heavy atom. The molecule has 0 radical (unpaired) electrons. The third kappa shape index (κ3) is 2.95. The predicted molar refractivity (Wildman–Crippen MR) is 111 cm³/mol. The maximum absolute atomic E-state index is 13.1. The second-order valence-corrected chi connectivity index (χ2v) is 7.73. The number of aromatic nitrogens is 3. The lowest BCUT2D eigenvalue weighted by molar-refractivity contribution is 0.0917. The Hall–Kier alpha value is -2.23. The smallest absolute Gasteiger partial charge is 0.342 e.